The number of nitrogens with zero attached hydrogens (tertiary/aromatic N) is 1. The number of benzene rings is 1. The van der Waals surface area contributed by atoms with Gasteiger partial charge in [-0.1, -0.05) is 6.07 Å². The number of hydrogen-bond acceptors (Lipinski definition) is 3. The predicted octanol–water partition coefficient (Wildman–Crippen LogP) is 2.59. The third kappa shape index (κ3) is 3.36. The Hall–Kier alpha value is -1.59. The van der Waals surface area contributed by atoms with Crippen LogP contribution in [0.2, 0.25) is 0 Å². The van der Waals surface area contributed by atoms with Crippen molar-refractivity contribution in [2.75, 3.05) is 0 Å². The van der Waals surface area contributed by atoms with Crippen LogP contribution in [0.3, 0.4) is 0 Å². The van der Waals surface area contributed by atoms with E-state index in [0.29, 0.717) is 0 Å². The van der Waals surface area contributed by atoms with Gasteiger partial charge in [0.1, 0.15) is 6.04 Å². The summed E-state index contributed by atoms with van der Waals surface area (Å²) in [6.45, 7) is 1.11. The summed E-state index contributed by atoms with van der Waals surface area (Å²) in [5, 5.41) is 8.94. The minimum absolute atomic E-state index is 0.0594. The van der Waals surface area contributed by atoms with E-state index in [0.717, 1.165) is 38.0 Å². The van der Waals surface area contributed by atoms with Crippen molar-refractivity contribution >= 4 is 10.0 Å². The molecule has 1 unspecified atom stereocenters. The van der Waals surface area contributed by atoms with Crippen molar-refractivity contribution in [2.24, 2.45) is 5.92 Å². The molecule has 0 amide bonds. The third-order valence-corrected chi connectivity index (χ3v) is 4.98. The monoisotopic (exact) mass is 318 g/mol. The second-order valence-corrected chi connectivity index (χ2v) is 6.67. The Morgan fingerprint density at radius 2 is 2.00 bits per heavy atom. The minimum Gasteiger partial charge on any atom is -0.207 e. The van der Waals surface area contributed by atoms with Gasteiger partial charge in [0.15, 0.2) is 0 Å². The number of halogens is 3. The molecular weight excluding hydrogens is 305 g/mol. The molecule has 1 N–H and O–H groups in total. The quantitative estimate of drug-likeness (QED) is 0.927. The number of hydrogen-bond donors (Lipinski definition) is 1. The molecule has 2 rings (SSSR count). The van der Waals surface area contributed by atoms with E-state index in [-0.39, 0.29) is 11.5 Å². The van der Waals surface area contributed by atoms with E-state index in [2.05, 4.69) is 4.72 Å². The fourth-order valence-corrected chi connectivity index (χ4v) is 3.58. The second kappa shape index (κ2) is 5.31. The lowest BCUT2D eigenvalue weighted by atomic mass is 10.1. The Balaban J connectivity index is 2.39. The zero-order chi connectivity index (χ0) is 15.8. The molecular formula is C13H13F3N2O2S. The first-order chi connectivity index (χ1) is 9.66. The van der Waals surface area contributed by atoms with E-state index in [1.54, 1.807) is 0 Å². The average Bonchev–Trinajstić information content (AvgIpc) is 3.18. The molecule has 1 aromatic carbocycles. The van der Waals surface area contributed by atoms with Crippen LogP contribution in [0.15, 0.2) is 23.1 Å². The van der Waals surface area contributed by atoms with Gasteiger partial charge in [-0.05, 0) is 43.4 Å². The SMILES string of the molecule is Cc1c(C(F)(F)F)cccc1S(=O)(=O)NC(C#N)C1CC1. The van der Waals surface area contributed by atoms with E-state index in [9.17, 15) is 21.6 Å². The van der Waals surface area contributed by atoms with Gasteiger partial charge in [-0.25, -0.2) is 8.42 Å². The van der Waals surface area contributed by atoms with Gasteiger partial charge in [0.2, 0.25) is 10.0 Å². The van der Waals surface area contributed by atoms with E-state index in [1.807, 2.05) is 6.07 Å². The Labute approximate surface area is 120 Å². The molecule has 4 nitrogen and oxygen atoms in total. The first-order valence-electron chi connectivity index (χ1n) is 6.25. The summed E-state index contributed by atoms with van der Waals surface area (Å²) in [4.78, 5) is -0.446. The third-order valence-electron chi connectivity index (χ3n) is 3.39. The highest BCUT2D eigenvalue weighted by atomic mass is 32.2. The van der Waals surface area contributed by atoms with Gasteiger partial charge >= 0.3 is 6.18 Å². The van der Waals surface area contributed by atoms with Crippen LogP contribution in [0, 0.1) is 24.2 Å². The molecule has 0 bridgehead atoms. The Morgan fingerprint density at radius 1 is 1.38 bits per heavy atom. The van der Waals surface area contributed by atoms with Gasteiger partial charge in [0.05, 0.1) is 16.5 Å². The zero-order valence-corrected chi connectivity index (χ0v) is 11.9. The van der Waals surface area contributed by atoms with Crippen LogP contribution >= 0.6 is 0 Å². The maximum absolute atomic E-state index is 12.8. The van der Waals surface area contributed by atoms with Crippen molar-refractivity contribution in [1.82, 2.24) is 4.72 Å². The summed E-state index contributed by atoms with van der Waals surface area (Å²) >= 11 is 0. The van der Waals surface area contributed by atoms with E-state index in [1.165, 1.54) is 0 Å². The van der Waals surface area contributed by atoms with Gasteiger partial charge in [-0.2, -0.15) is 23.2 Å². The normalized spacial score (nSPS) is 17.3. The molecule has 1 atom stereocenters. The molecule has 8 heteroatoms. The van der Waals surface area contributed by atoms with Crippen LogP contribution in [0.5, 0.6) is 0 Å². The van der Waals surface area contributed by atoms with E-state index in [4.69, 9.17) is 5.26 Å². The molecule has 1 fully saturated rings. The highest BCUT2D eigenvalue weighted by Crippen LogP contribution is 2.35. The Kier molecular flexibility index (Phi) is 4.00. The molecule has 1 aromatic rings. The summed E-state index contributed by atoms with van der Waals surface area (Å²) in [5.74, 6) is -0.0594. The summed E-state index contributed by atoms with van der Waals surface area (Å²) in [6, 6.07) is 3.92. The first kappa shape index (κ1) is 15.8. The minimum atomic E-state index is -4.62. The number of rotatable bonds is 4. The van der Waals surface area contributed by atoms with Crippen LogP contribution in [0.1, 0.15) is 24.0 Å². The van der Waals surface area contributed by atoms with Crippen LogP contribution in [0.4, 0.5) is 13.2 Å². The van der Waals surface area contributed by atoms with Crippen LogP contribution in [-0.2, 0) is 16.2 Å². The first-order valence-corrected chi connectivity index (χ1v) is 7.74. The van der Waals surface area contributed by atoms with Gasteiger partial charge in [0.25, 0.3) is 0 Å². The topological polar surface area (TPSA) is 70.0 Å². The molecule has 114 valence electrons. The number of sulfonamides is 1. The van der Waals surface area contributed by atoms with Crippen LogP contribution in [0.25, 0.3) is 0 Å². The van der Waals surface area contributed by atoms with Crippen molar-refractivity contribution in [3.63, 3.8) is 0 Å². The molecule has 0 heterocycles. The highest BCUT2D eigenvalue weighted by Gasteiger charge is 2.37. The molecule has 0 spiro atoms. The van der Waals surface area contributed by atoms with Gasteiger partial charge in [0, 0.05) is 0 Å². The Bertz CT molecular complexity index is 688. The summed E-state index contributed by atoms with van der Waals surface area (Å²) in [6.07, 6.45) is -3.15. The van der Waals surface area contributed by atoms with Crippen LogP contribution in [-0.4, -0.2) is 14.5 Å². The zero-order valence-electron chi connectivity index (χ0n) is 11.1. The lowest BCUT2D eigenvalue weighted by Gasteiger charge is -2.16. The van der Waals surface area contributed by atoms with E-state index < -0.39 is 32.7 Å². The van der Waals surface area contributed by atoms with Crippen molar-refractivity contribution in [3.8, 4) is 6.07 Å². The summed E-state index contributed by atoms with van der Waals surface area (Å²) < 4.78 is 65.0. The smallest absolute Gasteiger partial charge is 0.207 e. The Morgan fingerprint density at radius 3 is 2.48 bits per heavy atom. The standard InChI is InChI=1S/C13H13F3N2O2S/c1-8-10(13(14,15)16)3-2-4-12(8)21(19,20)18-11(7-17)9-5-6-9/h2-4,9,11,18H,5-6H2,1H3. The van der Waals surface area contributed by atoms with Crippen molar-refractivity contribution in [2.45, 2.75) is 36.9 Å². The second-order valence-electron chi connectivity index (χ2n) is 4.99. The van der Waals surface area contributed by atoms with Crippen molar-refractivity contribution in [3.05, 3.63) is 29.3 Å². The maximum Gasteiger partial charge on any atom is 0.416 e. The lowest BCUT2D eigenvalue weighted by Crippen LogP contribution is -2.35. The van der Waals surface area contributed by atoms with Gasteiger partial charge < -0.3 is 0 Å². The molecule has 0 aliphatic heterocycles. The molecule has 0 aromatic heterocycles. The van der Waals surface area contributed by atoms with Crippen LogP contribution < -0.4 is 4.72 Å². The largest absolute Gasteiger partial charge is 0.416 e. The molecule has 1 aliphatic carbocycles. The maximum atomic E-state index is 12.8. The number of nitriles is 1. The predicted molar refractivity (Wildman–Crippen MR) is 68.6 cm³/mol. The summed E-state index contributed by atoms with van der Waals surface area (Å²) in [5.41, 5.74) is -1.37. The fraction of sp³-hybridized carbons (Fsp3) is 0.462. The number of alkyl halides is 3. The number of nitrogens with one attached hydrogen (secondary N) is 1. The van der Waals surface area contributed by atoms with Crippen molar-refractivity contribution < 1.29 is 21.6 Å². The van der Waals surface area contributed by atoms with Gasteiger partial charge in [-0.3, -0.25) is 0 Å². The van der Waals surface area contributed by atoms with Crippen molar-refractivity contribution in [1.29, 1.82) is 5.26 Å². The molecule has 0 radical (unpaired) electrons. The van der Waals surface area contributed by atoms with E-state index >= 15 is 0 Å². The highest BCUT2D eigenvalue weighted by molar-refractivity contribution is 7.89. The lowest BCUT2D eigenvalue weighted by molar-refractivity contribution is -0.138. The van der Waals surface area contributed by atoms with Gasteiger partial charge in [-0.15, -0.1) is 0 Å². The molecule has 1 aliphatic rings. The molecule has 0 saturated heterocycles. The fourth-order valence-electron chi connectivity index (χ4n) is 2.10. The summed E-state index contributed by atoms with van der Waals surface area (Å²) in [7, 11) is -4.16. The molecule has 21 heavy (non-hydrogen) atoms. The average molecular weight is 318 g/mol. The molecule has 1 saturated carbocycles.